The summed E-state index contributed by atoms with van der Waals surface area (Å²) in [7, 11) is 0. The highest BCUT2D eigenvalue weighted by molar-refractivity contribution is 5.86. The number of carboxylic acids is 1. The average molecular weight is 250 g/mol. The lowest BCUT2D eigenvalue weighted by Gasteiger charge is -1.93. The van der Waals surface area contributed by atoms with Crippen molar-refractivity contribution in [2.45, 2.75) is 0 Å². The number of carboxylic acid groups (broad SMARTS) is 1. The minimum Gasteiger partial charge on any atom is -0.476 e. The molecule has 0 aliphatic heterocycles. The molecule has 15 heavy (non-hydrogen) atoms. The van der Waals surface area contributed by atoms with Crippen molar-refractivity contribution in [2.75, 3.05) is 5.73 Å². The largest absolute Gasteiger partial charge is 0.476 e. The Hall–Kier alpha value is -1.46. The molecule has 0 saturated heterocycles. The van der Waals surface area contributed by atoms with Gasteiger partial charge >= 0.3 is 5.97 Å². The number of anilines is 1. The maximum Gasteiger partial charge on any atom is 0.356 e. The van der Waals surface area contributed by atoms with Crippen LogP contribution in [0.2, 0.25) is 0 Å². The van der Waals surface area contributed by atoms with E-state index >= 15 is 0 Å². The van der Waals surface area contributed by atoms with Gasteiger partial charge in [-0.3, -0.25) is 0 Å². The Bertz CT molecular complexity index is 484. The fourth-order valence-electron chi connectivity index (χ4n) is 1.11. The fraction of sp³-hybridized carbons (Fsp3) is 0. The van der Waals surface area contributed by atoms with Gasteiger partial charge in [0.2, 0.25) is 0 Å². The molecule has 0 fully saturated rings. The molecule has 0 aliphatic rings. The Morgan fingerprint density at radius 2 is 2.00 bits per heavy atom. The number of fused-ring (bicyclic) bond motifs is 1. The van der Waals surface area contributed by atoms with Crippen LogP contribution in [0.1, 0.15) is 10.5 Å². The lowest BCUT2D eigenvalue weighted by atomic mass is 10.4. The highest BCUT2D eigenvalue weighted by atomic mass is 35.5. The molecule has 0 spiro atoms. The summed E-state index contributed by atoms with van der Waals surface area (Å²) in [6.07, 6.45) is 3.04. The summed E-state index contributed by atoms with van der Waals surface area (Å²) in [5.74, 6) is -1.04. The van der Waals surface area contributed by atoms with E-state index in [2.05, 4.69) is 4.98 Å². The van der Waals surface area contributed by atoms with E-state index in [1.165, 1.54) is 6.20 Å². The van der Waals surface area contributed by atoms with Crippen LogP contribution >= 0.6 is 24.8 Å². The van der Waals surface area contributed by atoms with Crippen LogP contribution in [-0.4, -0.2) is 20.5 Å². The normalized spacial score (nSPS) is 9.07. The molecule has 0 unspecified atom stereocenters. The molecule has 0 aliphatic carbocycles. The zero-order valence-electron chi connectivity index (χ0n) is 7.45. The Labute approximate surface area is 97.7 Å². The summed E-state index contributed by atoms with van der Waals surface area (Å²) in [6.45, 7) is 0. The number of hydrogen-bond donors (Lipinski definition) is 2. The summed E-state index contributed by atoms with van der Waals surface area (Å²) in [5.41, 5.74) is 6.68. The van der Waals surface area contributed by atoms with Crippen molar-refractivity contribution in [3.05, 3.63) is 30.2 Å². The molecule has 5 nitrogen and oxygen atoms in total. The topological polar surface area (TPSA) is 80.6 Å². The van der Waals surface area contributed by atoms with Crippen molar-refractivity contribution in [3.63, 3.8) is 0 Å². The number of rotatable bonds is 1. The highest BCUT2D eigenvalue weighted by Crippen LogP contribution is 2.08. The zero-order chi connectivity index (χ0) is 9.42. The molecule has 2 heterocycles. The second-order valence-corrected chi connectivity index (χ2v) is 2.66. The third-order valence-electron chi connectivity index (χ3n) is 1.69. The van der Waals surface area contributed by atoms with Crippen LogP contribution in [0.25, 0.3) is 5.65 Å². The van der Waals surface area contributed by atoms with Crippen LogP contribution in [0.4, 0.5) is 5.69 Å². The highest BCUT2D eigenvalue weighted by Gasteiger charge is 2.07. The van der Waals surface area contributed by atoms with E-state index in [1.807, 2.05) is 0 Å². The molecule has 0 atom stereocenters. The van der Waals surface area contributed by atoms with E-state index in [1.54, 1.807) is 22.7 Å². The van der Waals surface area contributed by atoms with Crippen LogP contribution in [0.3, 0.4) is 0 Å². The van der Waals surface area contributed by atoms with Crippen molar-refractivity contribution >= 4 is 42.1 Å². The average Bonchev–Trinajstić information content (AvgIpc) is 2.46. The standard InChI is InChI=1S/C8H7N3O2.2ClH/c9-5-1-2-7-10-6(8(12)13)4-11(7)3-5;;/h1-4H,9H2,(H,12,13);2*1H. The molecule has 7 heteroatoms. The van der Waals surface area contributed by atoms with E-state index in [0.29, 0.717) is 11.3 Å². The van der Waals surface area contributed by atoms with Gasteiger partial charge in [0, 0.05) is 18.1 Å². The van der Waals surface area contributed by atoms with Crippen molar-refractivity contribution in [1.29, 1.82) is 0 Å². The van der Waals surface area contributed by atoms with Crippen LogP contribution in [0.5, 0.6) is 0 Å². The Kier molecular flexibility index (Phi) is 4.39. The Morgan fingerprint density at radius 1 is 1.33 bits per heavy atom. The first-order chi connectivity index (χ1) is 6.16. The number of nitrogens with two attached hydrogens (primary N) is 1. The van der Waals surface area contributed by atoms with Gasteiger partial charge in [-0.15, -0.1) is 24.8 Å². The van der Waals surface area contributed by atoms with Gasteiger partial charge in [0.25, 0.3) is 0 Å². The predicted octanol–water partition coefficient (Wildman–Crippen LogP) is 1.46. The third kappa shape index (κ3) is 2.51. The summed E-state index contributed by atoms with van der Waals surface area (Å²) in [6, 6.07) is 3.34. The molecule has 2 rings (SSSR count). The molecule has 2 aromatic rings. The summed E-state index contributed by atoms with van der Waals surface area (Å²) < 4.78 is 1.58. The van der Waals surface area contributed by atoms with Crippen LogP contribution in [0.15, 0.2) is 24.5 Å². The molecule has 2 aromatic heterocycles. The van der Waals surface area contributed by atoms with Gasteiger partial charge in [-0.25, -0.2) is 9.78 Å². The van der Waals surface area contributed by atoms with Gasteiger partial charge in [-0.2, -0.15) is 0 Å². The minimum absolute atomic E-state index is 0. The summed E-state index contributed by atoms with van der Waals surface area (Å²) in [4.78, 5) is 14.4. The van der Waals surface area contributed by atoms with Gasteiger partial charge in [0.05, 0.1) is 0 Å². The maximum absolute atomic E-state index is 10.5. The smallest absolute Gasteiger partial charge is 0.356 e. The number of aromatic nitrogens is 2. The van der Waals surface area contributed by atoms with Gasteiger partial charge in [-0.1, -0.05) is 0 Å². The number of imidazole rings is 1. The monoisotopic (exact) mass is 249 g/mol. The lowest BCUT2D eigenvalue weighted by Crippen LogP contribution is -1.94. The molecule has 0 saturated carbocycles. The number of nitrogens with zero attached hydrogens (tertiary/aromatic N) is 2. The minimum atomic E-state index is -1.04. The van der Waals surface area contributed by atoms with Crippen molar-refractivity contribution in [3.8, 4) is 0 Å². The molecule has 3 N–H and O–H groups in total. The number of carbonyl (C=O) groups is 1. The first-order valence-electron chi connectivity index (χ1n) is 3.64. The first-order valence-corrected chi connectivity index (χ1v) is 3.64. The van der Waals surface area contributed by atoms with E-state index < -0.39 is 5.97 Å². The number of pyridine rings is 1. The lowest BCUT2D eigenvalue weighted by molar-refractivity contribution is 0.0691. The van der Waals surface area contributed by atoms with Crippen molar-refractivity contribution in [1.82, 2.24) is 9.38 Å². The number of nitrogen functional groups attached to an aromatic ring is 1. The second-order valence-electron chi connectivity index (χ2n) is 2.66. The molecule has 0 radical (unpaired) electrons. The van der Waals surface area contributed by atoms with E-state index in [9.17, 15) is 4.79 Å². The number of halogens is 2. The second kappa shape index (κ2) is 4.86. The predicted molar refractivity (Wildman–Crippen MR) is 61.1 cm³/mol. The zero-order valence-corrected chi connectivity index (χ0v) is 9.09. The molecular formula is C8H9Cl2N3O2. The molecule has 0 bridgehead atoms. The molecule has 0 aromatic carbocycles. The van der Waals surface area contributed by atoms with E-state index in [0.717, 1.165) is 0 Å². The quantitative estimate of drug-likeness (QED) is 0.802. The molecular weight excluding hydrogens is 241 g/mol. The first kappa shape index (κ1) is 13.5. The third-order valence-corrected chi connectivity index (χ3v) is 1.69. The van der Waals surface area contributed by atoms with Crippen LogP contribution < -0.4 is 5.73 Å². The molecule has 0 amide bonds. The van der Waals surface area contributed by atoms with Crippen LogP contribution in [-0.2, 0) is 0 Å². The summed E-state index contributed by atoms with van der Waals surface area (Å²) in [5, 5.41) is 8.65. The SMILES string of the molecule is Cl.Cl.Nc1ccc2nc(C(=O)O)cn2c1. The summed E-state index contributed by atoms with van der Waals surface area (Å²) >= 11 is 0. The Balaban J connectivity index is 0.000000980. The van der Waals surface area contributed by atoms with E-state index in [-0.39, 0.29) is 30.5 Å². The number of hydrogen-bond acceptors (Lipinski definition) is 3. The van der Waals surface area contributed by atoms with E-state index in [4.69, 9.17) is 10.8 Å². The van der Waals surface area contributed by atoms with Gasteiger partial charge < -0.3 is 15.2 Å². The number of aromatic carboxylic acids is 1. The Morgan fingerprint density at radius 3 is 2.60 bits per heavy atom. The van der Waals surface area contributed by atoms with Crippen molar-refractivity contribution in [2.24, 2.45) is 0 Å². The van der Waals surface area contributed by atoms with Crippen LogP contribution in [0, 0.1) is 0 Å². The van der Waals surface area contributed by atoms with Gasteiger partial charge in [0.15, 0.2) is 5.69 Å². The fourth-order valence-corrected chi connectivity index (χ4v) is 1.11. The van der Waals surface area contributed by atoms with Gasteiger partial charge in [0.1, 0.15) is 5.65 Å². The van der Waals surface area contributed by atoms with Gasteiger partial charge in [-0.05, 0) is 12.1 Å². The molecule has 82 valence electrons. The maximum atomic E-state index is 10.5. The van der Waals surface area contributed by atoms with Crippen molar-refractivity contribution < 1.29 is 9.90 Å².